The van der Waals surface area contributed by atoms with Gasteiger partial charge in [-0.2, -0.15) is 0 Å². The minimum Gasteiger partial charge on any atom is -0.388 e. The van der Waals surface area contributed by atoms with Crippen LogP contribution in [0.15, 0.2) is 24.5 Å². The van der Waals surface area contributed by atoms with E-state index in [0.717, 1.165) is 5.69 Å². The lowest BCUT2D eigenvalue weighted by Gasteiger charge is -2.23. The van der Waals surface area contributed by atoms with Crippen LogP contribution >= 0.6 is 0 Å². The molecule has 0 spiro atoms. The van der Waals surface area contributed by atoms with Gasteiger partial charge in [-0.1, -0.05) is 0 Å². The number of nitrogens with zero attached hydrogens (tertiary/aromatic N) is 1. The molecule has 4 heteroatoms. The third-order valence-corrected chi connectivity index (χ3v) is 2.20. The topological polar surface area (TPSA) is 54.4 Å². The predicted octanol–water partition coefficient (Wildman–Crippen LogP) is 1.28. The van der Waals surface area contributed by atoms with Crippen LogP contribution in [0, 0.1) is 0 Å². The predicted molar refractivity (Wildman–Crippen MR) is 59.8 cm³/mol. The van der Waals surface area contributed by atoms with Gasteiger partial charge in [-0.25, -0.2) is 0 Å². The van der Waals surface area contributed by atoms with E-state index in [1.165, 1.54) is 0 Å². The highest BCUT2D eigenvalue weighted by Gasteiger charge is 2.19. The van der Waals surface area contributed by atoms with Crippen LogP contribution in [0.5, 0.6) is 0 Å². The summed E-state index contributed by atoms with van der Waals surface area (Å²) in [5, 5.41) is 13.1. The lowest BCUT2D eigenvalue weighted by atomic mass is 10.0. The first-order valence-electron chi connectivity index (χ1n) is 4.99. The average Bonchev–Trinajstić information content (AvgIpc) is 2.25. The van der Waals surface area contributed by atoms with Gasteiger partial charge in [0.25, 0.3) is 0 Å². The summed E-state index contributed by atoms with van der Waals surface area (Å²) < 4.78 is 4.93. The van der Waals surface area contributed by atoms with Crippen molar-refractivity contribution >= 4 is 5.69 Å². The van der Waals surface area contributed by atoms with Crippen molar-refractivity contribution in [3.63, 3.8) is 0 Å². The third-order valence-electron chi connectivity index (χ3n) is 2.20. The maximum absolute atomic E-state index is 9.95. The molecule has 0 aliphatic carbocycles. The molecule has 1 rings (SSSR count). The molecule has 0 fully saturated rings. The van der Waals surface area contributed by atoms with Crippen molar-refractivity contribution in [3.8, 4) is 0 Å². The first kappa shape index (κ1) is 11.9. The van der Waals surface area contributed by atoms with Crippen LogP contribution < -0.4 is 5.32 Å². The molecule has 0 radical (unpaired) electrons. The van der Waals surface area contributed by atoms with Gasteiger partial charge in [0.05, 0.1) is 5.60 Å². The molecule has 1 unspecified atom stereocenters. The standard InChI is InChI=1S/C11H18N2O2/c1-11(14,5-8-15-2)9-13-10-3-6-12-7-4-10/h3-4,6-7,14H,5,8-9H2,1-2H3,(H,12,13). The SMILES string of the molecule is COCCC(C)(O)CNc1ccncc1. The summed E-state index contributed by atoms with van der Waals surface area (Å²) in [6, 6.07) is 3.73. The van der Waals surface area contributed by atoms with Crippen LogP contribution in [-0.4, -0.2) is 36.0 Å². The number of rotatable bonds is 6. The molecular formula is C11H18N2O2. The van der Waals surface area contributed by atoms with Crippen molar-refractivity contribution in [1.82, 2.24) is 4.98 Å². The highest BCUT2D eigenvalue weighted by molar-refractivity contribution is 5.40. The maximum atomic E-state index is 9.95. The number of pyridine rings is 1. The molecule has 0 amide bonds. The van der Waals surface area contributed by atoms with E-state index in [4.69, 9.17) is 4.74 Å². The molecule has 0 saturated carbocycles. The van der Waals surface area contributed by atoms with E-state index in [1.807, 2.05) is 12.1 Å². The normalized spacial score (nSPS) is 14.6. The monoisotopic (exact) mass is 210 g/mol. The lowest BCUT2D eigenvalue weighted by molar-refractivity contribution is 0.0357. The lowest BCUT2D eigenvalue weighted by Crippen LogP contribution is -2.34. The molecular weight excluding hydrogens is 192 g/mol. The minimum absolute atomic E-state index is 0.500. The second-order valence-corrected chi connectivity index (χ2v) is 3.83. The summed E-state index contributed by atoms with van der Waals surface area (Å²) in [4.78, 5) is 3.92. The number of ether oxygens (including phenoxy) is 1. The highest BCUT2D eigenvalue weighted by atomic mass is 16.5. The Labute approximate surface area is 90.3 Å². The van der Waals surface area contributed by atoms with Crippen LogP contribution in [0.3, 0.4) is 0 Å². The fraction of sp³-hybridized carbons (Fsp3) is 0.545. The smallest absolute Gasteiger partial charge is 0.0813 e. The summed E-state index contributed by atoms with van der Waals surface area (Å²) in [5.41, 5.74) is 0.210. The van der Waals surface area contributed by atoms with E-state index >= 15 is 0 Å². The van der Waals surface area contributed by atoms with Gasteiger partial charge in [0, 0.05) is 44.8 Å². The Kier molecular flexibility index (Phi) is 4.52. The Morgan fingerprint density at radius 1 is 1.47 bits per heavy atom. The zero-order valence-corrected chi connectivity index (χ0v) is 9.23. The Morgan fingerprint density at radius 3 is 2.73 bits per heavy atom. The van der Waals surface area contributed by atoms with Crippen molar-refractivity contribution in [2.75, 3.05) is 25.6 Å². The fourth-order valence-electron chi connectivity index (χ4n) is 1.17. The number of anilines is 1. The van der Waals surface area contributed by atoms with Crippen LogP contribution in [0.2, 0.25) is 0 Å². The zero-order valence-electron chi connectivity index (χ0n) is 9.23. The van der Waals surface area contributed by atoms with Crippen molar-refractivity contribution in [2.24, 2.45) is 0 Å². The Hall–Kier alpha value is -1.13. The molecule has 0 saturated heterocycles. The third kappa shape index (κ3) is 4.76. The fourth-order valence-corrected chi connectivity index (χ4v) is 1.17. The maximum Gasteiger partial charge on any atom is 0.0813 e. The Bertz CT molecular complexity index is 275. The van der Waals surface area contributed by atoms with Gasteiger partial charge >= 0.3 is 0 Å². The van der Waals surface area contributed by atoms with Gasteiger partial charge in [-0.05, 0) is 19.1 Å². The van der Waals surface area contributed by atoms with Gasteiger partial charge in [0.2, 0.25) is 0 Å². The summed E-state index contributed by atoms with van der Waals surface area (Å²) in [6.45, 7) is 2.85. The largest absolute Gasteiger partial charge is 0.388 e. The number of hydrogen-bond donors (Lipinski definition) is 2. The highest BCUT2D eigenvalue weighted by Crippen LogP contribution is 2.11. The first-order chi connectivity index (χ1) is 7.14. The van der Waals surface area contributed by atoms with Gasteiger partial charge < -0.3 is 15.2 Å². The zero-order chi connectivity index (χ0) is 11.1. The summed E-state index contributed by atoms with van der Waals surface area (Å²) >= 11 is 0. The molecule has 1 aromatic rings. The molecule has 0 bridgehead atoms. The molecule has 15 heavy (non-hydrogen) atoms. The van der Waals surface area contributed by atoms with Gasteiger partial charge in [0.1, 0.15) is 0 Å². The molecule has 84 valence electrons. The average molecular weight is 210 g/mol. The van der Waals surface area contributed by atoms with Crippen molar-refractivity contribution in [3.05, 3.63) is 24.5 Å². The number of aromatic nitrogens is 1. The quantitative estimate of drug-likeness (QED) is 0.742. The molecule has 0 aromatic carbocycles. The van der Waals surface area contributed by atoms with E-state index in [-0.39, 0.29) is 0 Å². The Morgan fingerprint density at radius 2 is 2.13 bits per heavy atom. The van der Waals surface area contributed by atoms with E-state index in [9.17, 15) is 5.11 Å². The van der Waals surface area contributed by atoms with Crippen molar-refractivity contribution in [1.29, 1.82) is 0 Å². The van der Waals surface area contributed by atoms with Gasteiger partial charge in [-0.15, -0.1) is 0 Å². The first-order valence-corrected chi connectivity index (χ1v) is 4.99. The summed E-state index contributed by atoms with van der Waals surface area (Å²) in [7, 11) is 1.63. The van der Waals surface area contributed by atoms with Crippen LogP contribution in [0.1, 0.15) is 13.3 Å². The van der Waals surface area contributed by atoms with Crippen molar-refractivity contribution < 1.29 is 9.84 Å². The van der Waals surface area contributed by atoms with Gasteiger partial charge in [0.15, 0.2) is 0 Å². The number of methoxy groups -OCH3 is 1. The second kappa shape index (κ2) is 5.68. The minimum atomic E-state index is -0.751. The molecule has 4 nitrogen and oxygen atoms in total. The van der Waals surface area contributed by atoms with Crippen molar-refractivity contribution in [2.45, 2.75) is 18.9 Å². The van der Waals surface area contributed by atoms with E-state index in [2.05, 4.69) is 10.3 Å². The van der Waals surface area contributed by atoms with E-state index < -0.39 is 5.60 Å². The summed E-state index contributed by atoms with van der Waals surface area (Å²) in [6.07, 6.45) is 4.04. The van der Waals surface area contributed by atoms with E-state index in [0.29, 0.717) is 19.6 Å². The molecule has 1 aromatic heterocycles. The van der Waals surface area contributed by atoms with Gasteiger partial charge in [-0.3, -0.25) is 4.98 Å². The molecule has 0 aliphatic heterocycles. The summed E-state index contributed by atoms with van der Waals surface area (Å²) in [5.74, 6) is 0. The van der Waals surface area contributed by atoms with Crippen LogP contribution in [-0.2, 0) is 4.74 Å². The Balaban J connectivity index is 2.35. The van der Waals surface area contributed by atoms with Crippen LogP contribution in [0.4, 0.5) is 5.69 Å². The number of aliphatic hydroxyl groups is 1. The van der Waals surface area contributed by atoms with Crippen LogP contribution in [0.25, 0.3) is 0 Å². The second-order valence-electron chi connectivity index (χ2n) is 3.83. The molecule has 2 N–H and O–H groups in total. The molecule has 1 heterocycles. The number of nitrogens with one attached hydrogen (secondary N) is 1. The van der Waals surface area contributed by atoms with E-state index in [1.54, 1.807) is 26.4 Å². The molecule has 0 aliphatic rings. The number of hydrogen-bond acceptors (Lipinski definition) is 4. The molecule has 1 atom stereocenters.